The van der Waals surface area contributed by atoms with Gasteiger partial charge in [-0.05, 0) is 0 Å². The molecule has 0 radical (unpaired) electrons. The largest absolute Gasteiger partial charge is 1.00 e. The molecule has 0 saturated carbocycles. The van der Waals surface area contributed by atoms with Crippen LogP contribution in [0.3, 0.4) is 0 Å². The van der Waals surface area contributed by atoms with E-state index in [2.05, 4.69) is 0 Å². The minimum absolute atomic E-state index is 0. The van der Waals surface area contributed by atoms with Crippen molar-refractivity contribution < 1.29 is 62.8 Å². The quantitative estimate of drug-likeness (QED) is 0.300. The van der Waals surface area contributed by atoms with E-state index in [0.717, 1.165) is 0 Å². The fraction of sp³-hybridized carbons (Fsp3) is 0. The molecule has 0 bridgehead atoms. The van der Waals surface area contributed by atoms with Gasteiger partial charge in [0, 0.05) is 0 Å². The number of rotatable bonds is 1. The van der Waals surface area contributed by atoms with Gasteiger partial charge in [-0.25, -0.2) is 26.7 Å². The number of carboxylic acids is 1. The normalized spacial score (nSPS) is 9.67. The van der Waals surface area contributed by atoms with Crippen LogP contribution in [0.15, 0.2) is 0 Å². The molecular formula is C7H2F5NaO2. The number of benzene rings is 1. The van der Waals surface area contributed by atoms with E-state index in [4.69, 9.17) is 5.11 Å². The van der Waals surface area contributed by atoms with Crippen LogP contribution in [-0.4, -0.2) is 11.1 Å². The summed E-state index contributed by atoms with van der Waals surface area (Å²) in [5.41, 5.74) is -1.86. The van der Waals surface area contributed by atoms with Crippen molar-refractivity contribution in [3.8, 4) is 0 Å². The topological polar surface area (TPSA) is 37.3 Å². The van der Waals surface area contributed by atoms with E-state index in [0.29, 0.717) is 0 Å². The first kappa shape index (κ1) is 14.3. The van der Waals surface area contributed by atoms with Crippen LogP contribution in [0.5, 0.6) is 0 Å². The van der Waals surface area contributed by atoms with E-state index in [1.165, 1.54) is 0 Å². The fourth-order valence-electron chi connectivity index (χ4n) is 0.793. The van der Waals surface area contributed by atoms with Gasteiger partial charge in [-0.15, -0.1) is 0 Å². The number of hydrogen-bond acceptors (Lipinski definition) is 1. The Balaban J connectivity index is 0. The molecule has 2 nitrogen and oxygen atoms in total. The van der Waals surface area contributed by atoms with Crippen molar-refractivity contribution in [2.75, 3.05) is 0 Å². The zero-order chi connectivity index (χ0) is 11.0. The summed E-state index contributed by atoms with van der Waals surface area (Å²) in [5, 5.41) is 8.15. The van der Waals surface area contributed by atoms with E-state index in [1.54, 1.807) is 0 Å². The average molecular weight is 236 g/mol. The molecule has 0 aliphatic carbocycles. The van der Waals surface area contributed by atoms with Gasteiger partial charge < -0.3 is 6.53 Å². The van der Waals surface area contributed by atoms with Gasteiger partial charge >= 0.3 is 35.5 Å². The fourth-order valence-corrected chi connectivity index (χ4v) is 0.793. The van der Waals surface area contributed by atoms with E-state index >= 15 is 0 Å². The first-order valence-electron chi connectivity index (χ1n) is 3.12. The minimum Gasteiger partial charge on any atom is -1.00 e. The molecule has 78 valence electrons. The van der Waals surface area contributed by atoms with Crippen LogP contribution >= 0.6 is 0 Å². The first-order valence-corrected chi connectivity index (χ1v) is 3.12. The summed E-state index contributed by atoms with van der Waals surface area (Å²) in [6.45, 7) is 0. The van der Waals surface area contributed by atoms with Crippen molar-refractivity contribution in [3.05, 3.63) is 34.6 Å². The SMILES string of the molecule is O=C(O)c1c(F)c(F)c(F)c(F)c1F.[H-].[Na+]. The van der Waals surface area contributed by atoms with Gasteiger partial charge in [0.2, 0.25) is 5.82 Å². The van der Waals surface area contributed by atoms with Gasteiger partial charge in [0.25, 0.3) is 0 Å². The zero-order valence-electron chi connectivity index (χ0n) is 8.25. The van der Waals surface area contributed by atoms with E-state index < -0.39 is 40.6 Å². The van der Waals surface area contributed by atoms with Crippen LogP contribution in [-0.2, 0) is 0 Å². The molecule has 0 saturated heterocycles. The summed E-state index contributed by atoms with van der Waals surface area (Å²) in [6, 6.07) is 0. The molecule has 0 aromatic heterocycles. The Kier molecular flexibility index (Phi) is 4.69. The summed E-state index contributed by atoms with van der Waals surface area (Å²) in [6.07, 6.45) is 0. The van der Waals surface area contributed by atoms with Crippen LogP contribution in [0.2, 0.25) is 0 Å². The summed E-state index contributed by atoms with van der Waals surface area (Å²) >= 11 is 0. The molecule has 0 fully saturated rings. The van der Waals surface area contributed by atoms with Crippen LogP contribution in [0, 0.1) is 29.1 Å². The standard InChI is InChI=1S/C7HF5O2.Na.H/c8-2-1(7(13)14)3(9)5(11)6(12)4(2)10;;/h(H,13,14);;/q;+1;-1. The average Bonchev–Trinajstić information content (AvgIpc) is 2.11. The summed E-state index contributed by atoms with van der Waals surface area (Å²) in [7, 11) is 0. The van der Waals surface area contributed by atoms with Crippen LogP contribution in [0.1, 0.15) is 11.8 Å². The van der Waals surface area contributed by atoms with E-state index in [-0.39, 0.29) is 31.0 Å². The second-order valence-electron chi connectivity index (χ2n) is 2.25. The maximum atomic E-state index is 12.6. The Bertz CT molecular complexity index is 397. The number of carbonyl (C=O) groups is 1. The summed E-state index contributed by atoms with van der Waals surface area (Å²) < 4.78 is 62.1. The predicted octanol–water partition coefficient (Wildman–Crippen LogP) is -0.803. The van der Waals surface area contributed by atoms with Crippen molar-refractivity contribution in [3.63, 3.8) is 0 Å². The van der Waals surface area contributed by atoms with E-state index in [9.17, 15) is 26.7 Å². The Morgan fingerprint density at radius 1 is 0.867 bits per heavy atom. The van der Waals surface area contributed by atoms with Crippen molar-refractivity contribution >= 4 is 5.97 Å². The number of aromatic carboxylic acids is 1. The Labute approximate surface area is 103 Å². The van der Waals surface area contributed by atoms with Gasteiger partial charge in [-0.1, -0.05) is 0 Å². The molecule has 15 heavy (non-hydrogen) atoms. The third kappa shape index (κ3) is 2.30. The van der Waals surface area contributed by atoms with Crippen molar-refractivity contribution in [1.29, 1.82) is 0 Å². The third-order valence-corrected chi connectivity index (χ3v) is 1.42. The molecule has 0 aliphatic heterocycles. The smallest absolute Gasteiger partial charge is 1.00 e. The van der Waals surface area contributed by atoms with Gasteiger partial charge in [0.15, 0.2) is 23.3 Å². The monoisotopic (exact) mass is 236 g/mol. The number of halogens is 5. The Morgan fingerprint density at radius 2 is 1.13 bits per heavy atom. The minimum atomic E-state index is -2.38. The molecule has 1 N–H and O–H groups in total. The molecule has 0 spiro atoms. The molecule has 1 rings (SSSR count). The number of hydrogen-bond donors (Lipinski definition) is 1. The van der Waals surface area contributed by atoms with Crippen molar-refractivity contribution in [2.45, 2.75) is 0 Å². The number of carboxylic acid groups (broad SMARTS) is 1. The van der Waals surface area contributed by atoms with Crippen molar-refractivity contribution in [2.24, 2.45) is 0 Å². The molecule has 0 atom stereocenters. The Hall–Kier alpha value is -0.660. The molecule has 0 aliphatic rings. The molecule has 0 unspecified atom stereocenters. The van der Waals surface area contributed by atoms with Crippen molar-refractivity contribution in [1.82, 2.24) is 0 Å². The first-order chi connectivity index (χ1) is 6.37. The third-order valence-electron chi connectivity index (χ3n) is 1.42. The molecule has 1 aromatic carbocycles. The second kappa shape index (κ2) is 4.91. The van der Waals surface area contributed by atoms with Crippen LogP contribution in [0.4, 0.5) is 22.0 Å². The van der Waals surface area contributed by atoms with E-state index in [1.807, 2.05) is 0 Å². The van der Waals surface area contributed by atoms with Gasteiger partial charge in [-0.3, -0.25) is 0 Å². The van der Waals surface area contributed by atoms with Gasteiger partial charge in [0.1, 0.15) is 5.56 Å². The maximum Gasteiger partial charge on any atom is 1.00 e. The van der Waals surface area contributed by atoms with Gasteiger partial charge in [-0.2, -0.15) is 0 Å². The summed E-state index contributed by atoms with van der Waals surface area (Å²) in [4.78, 5) is 10.1. The summed E-state index contributed by atoms with van der Waals surface area (Å²) in [5.74, 6) is -13.9. The molecule has 0 amide bonds. The molecular weight excluding hydrogens is 234 g/mol. The van der Waals surface area contributed by atoms with Crippen LogP contribution < -0.4 is 29.6 Å². The predicted molar refractivity (Wildman–Crippen MR) is 34.3 cm³/mol. The maximum absolute atomic E-state index is 12.6. The van der Waals surface area contributed by atoms with Gasteiger partial charge in [0.05, 0.1) is 0 Å². The second-order valence-corrected chi connectivity index (χ2v) is 2.25. The molecule has 0 heterocycles. The van der Waals surface area contributed by atoms with Crippen LogP contribution in [0.25, 0.3) is 0 Å². The zero-order valence-corrected chi connectivity index (χ0v) is 9.25. The molecule has 1 aromatic rings. The molecule has 8 heteroatoms. The Morgan fingerprint density at radius 3 is 1.40 bits per heavy atom.